The smallest absolute Gasteiger partial charge is 0.315 e. The molecular weight excluding hydrogens is 316 g/mol. The maximum absolute atomic E-state index is 12.0. The lowest BCUT2D eigenvalue weighted by Gasteiger charge is -2.22. The van der Waals surface area contributed by atoms with E-state index in [1.165, 1.54) is 5.56 Å². The monoisotopic (exact) mass is 342 g/mol. The number of urea groups is 1. The Hall–Kier alpha value is -2.34. The minimum atomic E-state index is -0.731. The first-order chi connectivity index (χ1) is 12.1. The Morgan fingerprint density at radius 1 is 1.20 bits per heavy atom. The molecule has 6 nitrogen and oxygen atoms in total. The fraction of sp³-hybridized carbons (Fsp3) is 0.474. The molecule has 0 atom stereocenters. The van der Waals surface area contributed by atoms with Gasteiger partial charge in [-0.1, -0.05) is 43.2 Å². The van der Waals surface area contributed by atoms with Gasteiger partial charge in [0.15, 0.2) is 0 Å². The van der Waals surface area contributed by atoms with Gasteiger partial charge in [0.05, 0.1) is 12.1 Å². The van der Waals surface area contributed by atoms with Gasteiger partial charge < -0.3 is 20.3 Å². The number of aryl methyl sites for hydroxylation is 2. The van der Waals surface area contributed by atoms with Gasteiger partial charge in [0.1, 0.15) is 5.82 Å². The second-order valence-corrected chi connectivity index (χ2v) is 6.74. The summed E-state index contributed by atoms with van der Waals surface area (Å²) in [5.41, 5.74) is 0.545. The number of nitrogens with one attached hydrogen (secondary N) is 2. The van der Waals surface area contributed by atoms with E-state index in [1.807, 2.05) is 24.4 Å². The van der Waals surface area contributed by atoms with E-state index in [0.717, 1.165) is 44.5 Å². The molecular formula is C19H26N4O2. The Labute approximate surface area is 148 Å². The molecule has 1 aliphatic carbocycles. The summed E-state index contributed by atoms with van der Waals surface area (Å²) < 4.78 is 2.05. The van der Waals surface area contributed by atoms with E-state index in [4.69, 9.17) is 0 Å². The maximum atomic E-state index is 12.0. The number of carbonyl (C=O) groups excluding carboxylic acids is 1. The number of hydrogen-bond acceptors (Lipinski definition) is 3. The van der Waals surface area contributed by atoms with Crippen molar-refractivity contribution in [2.75, 3.05) is 6.54 Å². The second-order valence-electron chi connectivity index (χ2n) is 6.74. The van der Waals surface area contributed by atoms with Crippen LogP contribution in [0.15, 0.2) is 42.7 Å². The fourth-order valence-corrected chi connectivity index (χ4v) is 3.28. The first-order valence-electron chi connectivity index (χ1n) is 8.93. The zero-order chi connectivity index (χ0) is 17.5. The molecule has 0 spiro atoms. The normalized spacial score (nSPS) is 15.9. The van der Waals surface area contributed by atoms with Crippen LogP contribution in [0, 0.1) is 0 Å². The molecule has 0 bridgehead atoms. The highest BCUT2D eigenvalue weighted by Gasteiger charge is 2.31. The summed E-state index contributed by atoms with van der Waals surface area (Å²) >= 11 is 0. The minimum absolute atomic E-state index is 0.266. The first-order valence-corrected chi connectivity index (χ1v) is 8.93. The number of nitrogens with zero attached hydrogens (tertiary/aromatic N) is 2. The zero-order valence-corrected chi connectivity index (χ0v) is 14.4. The van der Waals surface area contributed by atoms with Crippen LogP contribution in [0.25, 0.3) is 0 Å². The van der Waals surface area contributed by atoms with E-state index in [0.29, 0.717) is 13.1 Å². The molecule has 1 saturated carbocycles. The first kappa shape index (κ1) is 17.5. The van der Waals surface area contributed by atoms with Crippen LogP contribution in [-0.4, -0.2) is 32.8 Å². The third-order valence-electron chi connectivity index (χ3n) is 4.81. The van der Waals surface area contributed by atoms with Crippen LogP contribution in [0.4, 0.5) is 4.79 Å². The van der Waals surface area contributed by atoms with E-state index >= 15 is 0 Å². The fourth-order valence-electron chi connectivity index (χ4n) is 3.28. The van der Waals surface area contributed by atoms with Crippen molar-refractivity contribution in [2.24, 2.45) is 0 Å². The molecule has 0 saturated heterocycles. The van der Waals surface area contributed by atoms with Crippen LogP contribution in [0.2, 0.25) is 0 Å². The number of rotatable bonds is 7. The summed E-state index contributed by atoms with van der Waals surface area (Å²) in [5, 5.41) is 15.8. The van der Waals surface area contributed by atoms with Crippen LogP contribution in [0.3, 0.4) is 0 Å². The minimum Gasteiger partial charge on any atom is -0.388 e. The predicted octanol–water partition coefficient (Wildman–Crippen LogP) is 2.23. The Kier molecular flexibility index (Phi) is 5.71. The number of carbonyl (C=O) groups is 1. The Bertz CT molecular complexity index is 678. The maximum Gasteiger partial charge on any atom is 0.315 e. The third-order valence-corrected chi connectivity index (χ3v) is 4.81. The number of benzene rings is 1. The lowest BCUT2D eigenvalue weighted by molar-refractivity contribution is 0.0501. The zero-order valence-electron chi connectivity index (χ0n) is 14.4. The summed E-state index contributed by atoms with van der Waals surface area (Å²) in [6.45, 7) is 1.50. The van der Waals surface area contributed by atoms with Crippen LogP contribution in [0.1, 0.15) is 37.1 Å². The highest BCUT2D eigenvalue weighted by molar-refractivity contribution is 5.73. The van der Waals surface area contributed by atoms with Crippen molar-refractivity contribution in [3.05, 3.63) is 54.1 Å². The van der Waals surface area contributed by atoms with Crippen molar-refractivity contribution in [1.82, 2.24) is 20.2 Å². The van der Waals surface area contributed by atoms with Gasteiger partial charge in [-0.15, -0.1) is 0 Å². The molecule has 1 aromatic carbocycles. The molecule has 1 fully saturated rings. The van der Waals surface area contributed by atoms with Crippen molar-refractivity contribution in [3.63, 3.8) is 0 Å². The summed E-state index contributed by atoms with van der Waals surface area (Å²) in [6, 6.07) is 10.0. The quantitative estimate of drug-likeness (QED) is 0.722. The summed E-state index contributed by atoms with van der Waals surface area (Å²) in [6.07, 6.45) is 8.18. The number of aromatic nitrogens is 2. The van der Waals surface area contributed by atoms with Crippen molar-refractivity contribution in [1.29, 1.82) is 0 Å². The van der Waals surface area contributed by atoms with Gasteiger partial charge in [-0.2, -0.15) is 0 Å². The van der Waals surface area contributed by atoms with Gasteiger partial charge in [-0.05, 0) is 24.8 Å². The Balaban J connectivity index is 1.44. The summed E-state index contributed by atoms with van der Waals surface area (Å²) in [4.78, 5) is 16.3. The molecule has 25 heavy (non-hydrogen) atoms. The van der Waals surface area contributed by atoms with Crippen LogP contribution in [0.5, 0.6) is 0 Å². The van der Waals surface area contributed by atoms with E-state index < -0.39 is 5.60 Å². The van der Waals surface area contributed by atoms with Crippen LogP contribution >= 0.6 is 0 Å². The highest BCUT2D eigenvalue weighted by Crippen LogP contribution is 2.28. The van der Waals surface area contributed by atoms with Gasteiger partial charge in [-0.3, -0.25) is 0 Å². The number of hydrogen-bond donors (Lipinski definition) is 3. The molecule has 3 rings (SSSR count). The number of aliphatic hydroxyl groups is 1. The van der Waals surface area contributed by atoms with Gasteiger partial charge in [0.25, 0.3) is 0 Å². The molecule has 2 amide bonds. The molecule has 6 heteroatoms. The average Bonchev–Trinajstić information content (AvgIpc) is 3.26. The molecule has 3 N–H and O–H groups in total. The molecule has 2 aromatic rings. The predicted molar refractivity (Wildman–Crippen MR) is 96.0 cm³/mol. The molecule has 134 valence electrons. The molecule has 1 heterocycles. The van der Waals surface area contributed by atoms with Gasteiger partial charge >= 0.3 is 6.03 Å². The molecule has 1 aromatic heterocycles. The third kappa shape index (κ3) is 5.06. The van der Waals surface area contributed by atoms with Crippen LogP contribution < -0.4 is 10.6 Å². The van der Waals surface area contributed by atoms with Gasteiger partial charge in [0, 0.05) is 25.5 Å². The van der Waals surface area contributed by atoms with Gasteiger partial charge in [-0.25, -0.2) is 9.78 Å². The highest BCUT2D eigenvalue weighted by atomic mass is 16.3. The molecule has 0 aliphatic heterocycles. The Morgan fingerprint density at radius 2 is 1.96 bits per heavy atom. The van der Waals surface area contributed by atoms with Crippen molar-refractivity contribution in [3.8, 4) is 0 Å². The standard InChI is InChI=1S/C19H26N4O2/c24-18(22-15-19(25)9-4-5-10-19)21-14-17-20-11-13-23(17)12-8-16-6-2-1-3-7-16/h1-3,6-7,11,13,25H,4-5,8-10,12,14-15H2,(H2,21,22,24). The molecule has 0 radical (unpaired) electrons. The van der Waals surface area contributed by atoms with E-state index in [2.05, 4.69) is 32.3 Å². The average molecular weight is 342 g/mol. The van der Waals surface area contributed by atoms with Crippen molar-refractivity contribution in [2.45, 2.75) is 50.8 Å². The summed E-state index contributed by atoms with van der Waals surface area (Å²) in [5.74, 6) is 0.825. The SMILES string of the molecule is O=C(NCc1nccn1CCc1ccccc1)NCC1(O)CCCC1. The van der Waals surface area contributed by atoms with E-state index in [9.17, 15) is 9.90 Å². The number of amides is 2. The lowest BCUT2D eigenvalue weighted by Crippen LogP contribution is -2.45. The second kappa shape index (κ2) is 8.16. The Morgan fingerprint density at radius 3 is 2.72 bits per heavy atom. The summed E-state index contributed by atoms with van der Waals surface area (Å²) in [7, 11) is 0. The van der Waals surface area contributed by atoms with Crippen molar-refractivity contribution >= 4 is 6.03 Å². The molecule has 1 aliphatic rings. The van der Waals surface area contributed by atoms with E-state index in [-0.39, 0.29) is 6.03 Å². The topological polar surface area (TPSA) is 79.2 Å². The lowest BCUT2D eigenvalue weighted by atomic mass is 10.0. The largest absolute Gasteiger partial charge is 0.388 e. The number of imidazole rings is 1. The van der Waals surface area contributed by atoms with Crippen LogP contribution in [-0.2, 0) is 19.5 Å². The van der Waals surface area contributed by atoms with E-state index in [1.54, 1.807) is 6.20 Å². The van der Waals surface area contributed by atoms with Crippen molar-refractivity contribution < 1.29 is 9.90 Å². The molecule has 0 unspecified atom stereocenters. The van der Waals surface area contributed by atoms with Gasteiger partial charge in [0.2, 0.25) is 0 Å².